The Morgan fingerprint density at radius 2 is 1.96 bits per heavy atom. The second-order valence-electron chi connectivity index (χ2n) is 6.71. The Hall–Kier alpha value is -1.61. The van der Waals surface area contributed by atoms with Crippen LogP contribution in [0.15, 0.2) is 0 Å². The molecule has 23 heavy (non-hydrogen) atoms. The number of carbonyl (C=O) groups is 2. The van der Waals surface area contributed by atoms with Gasteiger partial charge in [0, 0.05) is 13.2 Å². The maximum absolute atomic E-state index is 12.8. The average Bonchev–Trinajstić information content (AvgIpc) is 3.05. The lowest BCUT2D eigenvalue weighted by atomic mass is 9.82. The van der Waals surface area contributed by atoms with E-state index in [9.17, 15) is 9.59 Å². The monoisotopic (exact) mass is 321 g/mol. The summed E-state index contributed by atoms with van der Waals surface area (Å²) in [4.78, 5) is 26.0. The van der Waals surface area contributed by atoms with Crippen molar-refractivity contribution in [2.75, 3.05) is 19.7 Å². The van der Waals surface area contributed by atoms with Crippen molar-refractivity contribution < 1.29 is 14.3 Å². The maximum atomic E-state index is 12.8. The molecule has 1 saturated heterocycles. The fraction of sp³-hybridized carbons (Fsp3) is 0.824. The van der Waals surface area contributed by atoms with E-state index >= 15 is 0 Å². The molecular weight excluding hydrogens is 294 g/mol. The zero-order chi connectivity index (χ0) is 16.7. The van der Waals surface area contributed by atoms with Gasteiger partial charge in [-0.25, -0.2) is 0 Å². The second kappa shape index (κ2) is 8.88. The van der Waals surface area contributed by atoms with Gasteiger partial charge in [0.15, 0.2) is 0 Å². The highest BCUT2D eigenvalue weighted by Crippen LogP contribution is 2.30. The number of hydrogen-bond acceptors (Lipinski definition) is 4. The predicted molar refractivity (Wildman–Crippen MR) is 85.0 cm³/mol. The van der Waals surface area contributed by atoms with Gasteiger partial charge in [-0.3, -0.25) is 9.59 Å². The molecule has 1 aliphatic heterocycles. The topological polar surface area (TPSA) is 96.4 Å². The van der Waals surface area contributed by atoms with Crippen molar-refractivity contribution >= 4 is 11.8 Å². The van der Waals surface area contributed by atoms with E-state index in [0.29, 0.717) is 25.5 Å². The molecule has 0 spiro atoms. The number of carbonyl (C=O) groups excluding carboxylic acids is 2. The first-order valence-corrected chi connectivity index (χ1v) is 8.68. The van der Waals surface area contributed by atoms with Crippen LogP contribution in [0.5, 0.6) is 0 Å². The molecule has 2 N–H and O–H groups in total. The van der Waals surface area contributed by atoms with Crippen LogP contribution in [-0.4, -0.2) is 42.5 Å². The number of hydrogen-bond donors (Lipinski definition) is 1. The van der Waals surface area contributed by atoms with Crippen molar-refractivity contribution in [2.45, 2.75) is 57.5 Å². The number of nitriles is 1. The van der Waals surface area contributed by atoms with E-state index in [0.717, 1.165) is 38.5 Å². The molecule has 0 bridgehead atoms. The van der Waals surface area contributed by atoms with Crippen molar-refractivity contribution in [1.29, 1.82) is 5.26 Å². The summed E-state index contributed by atoms with van der Waals surface area (Å²) in [5.41, 5.74) is 5.50. The van der Waals surface area contributed by atoms with Crippen LogP contribution in [0.1, 0.15) is 51.4 Å². The Labute approximate surface area is 137 Å². The highest BCUT2D eigenvalue weighted by Gasteiger charge is 2.33. The molecule has 2 atom stereocenters. The summed E-state index contributed by atoms with van der Waals surface area (Å²) in [6, 6.07) is 2.02. The maximum Gasteiger partial charge on any atom is 0.236 e. The van der Waals surface area contributed by atoms with Crippen LogP contribution >= 0.6 is 0 Å². The van der Waals surface area contributed by atoms with Crippen molar-refractivity contribution in [1.82, 2.24) is 4.90 Å². The van der Waals surface area contributed by atoms with Gasteiger partial charge in [0.25, 0.3) is 0 Å². The number of rotatable bonds is 7. The number of nitrogens with two attached hydrogens (primary N) is 1. The van der Waals surface area contributed by atoms with Gasteiger partial charge in [-0.2, -0.15) is 5.26 Å². The van der Waals surface area contributed by atoms with Gasteiger partial charge in [0.1, 0.15) is 12.5 Å². The van der Waals surface area contributed by atoms with Gasteiger partial charge in [-0.1, -0.05) is 32.1 Å². The lowest BCUT2D eigenvalue weighted by Gasteiger charge is -2.29. The Bertz CT molecular complexity index is 448. The number of primary amides is 1. The van der Waals surface area contributed by atoms with Crippen molar-refractivity contribution in [3.8, 4) is 6.07 Å². The first kappa shape index (κ1) is 17.7. The Morgan fingerprint density at radius 3 is 2.52 bits per heavy atom. The molecule has 2 amide bonds. The van der Waals surface area contributed by atoms with Crippen LogP contribution in [0.4, 0.5) is 0 Å². The van der Waals surface area contributed by atoms with E-state index in [1.807, 2.05) is 6.07 Å². The molecule has 1 aliphatic carbocycles. The van der Waals surface area contributed by atoms with E-state index in [2.05, 4.69) is 0 Å². The highest BCUT2D eigenvalue weighted by atomic mass is 16.5. The number of amides is 2. The van der Waals surface area contributed by atoms with Crippen molar-refractivity contribution in [2.24, 2.45) is 17.6 Å². The Morgan fingerprint density at radius 1 is 1.22 bits per heavy atom. The summed E-state index contributed by atoms with van der Waals surface area (Å²) in [6.45, 7) is 1.05. The summed E-state index contributed by atoms with van der Waals surface area (Å²) in [5, 5.41) is 9.00. The second-order valence-corrected chi connectivity index (χ2v) is 6.71. The first-order chi connectivity index (χ1) is 11.1. The van der Waals surface area contributed by atoms with Crippen LogP contribution < -0.4 is 5.73 Å². The van der Waals surface area contributed by atoms with Crippen LogP contribution in [0.25, 0.3) is 0 Å². The lowest BCUT2D eigenvalue weighted by Crippen LogP contribution is -2.45. The minimum absolute atomic E-state index is 0.0207. The average molecular weight is 321 g/mol. The van der Waals surface area contributed by atoms with Gasteiger partial charge in [-0.15, -0.1) is 0 Å². The molecule has 2 fully saturated rings. The van der Waals surface area contributed by atoms with Gasteiger partial charge in [0.2, 0.25) is 11.8 Å². The summed E-state index contributed by atoms with van der Waals surface area (Å²) in [6.07, 6.45) is 7.99. The molecule has 0 aromatic carbocycles. The minimum Gasteiger partial charge on any atom is -0.376 e. The van der Waals surface area contributed by atoms with Crippen molar-refractivity contribution in [3.63, 3.8) is 0 Å². The fourth-order valence-electron chi connectivity index (χ4n) is 3.67. The molecule has 2 aliphatic rings. The molecule has 6 nitrogen and oxygen atoms in total. The molecule has 0 radical (unpaired) electrons. The highest BCUT2D eigenvalue weighted by molar-refractivity contribution is 5.99. The van der Waals surface area contributed by atoms with Gasteiger partial charge in [-0.05, 0) is 25.2 Å². The molecule has 1 heterocycles. The first-order valence-electron chi connectivity index (χ1n) is 8.68. The lowest BCUT2D eigenvalue weighted by molar-refractivity contribution is -0.142. The quantitative estimate of drug-likeness (QED) is 0.569. The molecule has 2 rings (SSSR count). The predicted octanol–water partition coefficient (Wildman–Crippen LogP) is 1.59. The van der Waals surface area contributed by atoms with Crippen LogP contribution in [0.3, 0.4) is 0 Å². The molecule has 128 valence electrons. The third-order valence-electron chi connectivity index (χ3n) is 4.96. The number of nitrogens with zero attached hydrogens (tertiary/aromatic N) is 2. The van der Waals surface area contributed by atoms with E-state index in [1.165, 1.54) is 11.3 Å². The van der Waals surface area contributed by atoms with Gasteiger partial charge >= 0.3 is 0 Å². The molecule has 6 heteroatoms. The SMILES string of the molecule is N#CCN(CC1CCCO1)C(=O)C(CC1CCCCC1)C(N)=O. The van der Waals surface area contributed by atoms with E-state index in [-0.39, 0.29) is 18.6 Å². The molecule has 0 aromatic rings. The van der Waals surface area contributed by atoms with E-state index in [1.54, 1.807) is 0 Å². The normalized spacial score (nSPS) is 23.2. The summed E-state index contributed by atoms with van der Waals surface area (Å²) in [5.74, 6) is -1.30. The summed E-state index contributed by atoms with van der Waals surface area (Å²) >= 11 is 0. The number of ether oxygens (including phenoxy) is 1. The summed E-state index contributed by atoms with van der Waals surface area (Å²) < 4.78 is 5.55. The van der Waals surface area contributed by atoms with Crippen LogP contribution in [0, 0.1) is 23.2 Å². The standard InChI is InChI=1S/C17H27N3O3/c18-8-9-20(12-14-7-4-10-23-14)17(22)15(16(19)21)11-13-5-2-1-3-6-13/h13-15H,1-7,9-12H2,(H2,19,21). The van der Waals surface area contributed by atoms with Gasteiger partial charge in [0.05, 0.1) is 12.2 Å². The zero-order valence-electron chi connectivity index (χ0n) is 13.7. The third-order valence-corrected chi connectivity index (χ3v) is 4.96. The fourth-order valence-corrected chi connectivity index (χ4v) is 3.67. The third kappa shape index (κ3) is 5.21. The smallest absolute Gasteiger partial charge is 0.236 e. The summed E-state index contributed by atoms with van der Waals surface area (Å²) in [7, 11) is 0. The Balaban J connectivity index is 2.00. The molecule has 2 unspecified atom stereocenters. The minimum atomic E-state index is -0.812. The van der Waals surface area contributed by atoms with Crippen LogP contribution in [-0.2, 0) is 14.3 Å². The largest absolute Gasteiger partial charge is 0.376 e. The molecule has 1 saturated carbocycles. The Kier molecular flexibility index (Phi) is 6.85. The van der Waals surface area contributed by atoms with E-state index in [4.69, 9.17) is 15.7 Å². The van der Waals surface area contributed by atoms with Crippen molar-refractivity contribution in [3.05, 3.63) is 0 Å². The van der Waals surface area contributed by atoms with E-state index < -0.39 is 11.8 Å². The van der Waals surface area contributed by atoms with Gasteiger partial charge < -0.3 is 15.4 Å². The van der Waals surface area contributed by atoms with Crippen LogP contribution in [0.2, 0.25) is 0 Å². The zero-order valence-corrected chi connectivity index (χ0v) is 13.7. The molecule has 0 aromatic heterocycles. The molecular formula is C17H27N3O3.